The molecule has 0 aromatic carbocycles. The van der Waals surface area contributed by atoms with Gasteiger partial charge in [0.05, 0.1) is 5.69 Å². The monoisotopic (exact) mass is 461 g/mol. The van der Waals surface area contributed by atoms with E-state index < -0.39 is 0 Å². The largest absolute Gasteiger partial charge is 0.397 e. The number of nitrogens with zero attached hydrogens (tertiary/aromatic N) is 3. The molecule has 7 heteroatoms. The van der Waals surface area contributed by atoms with Crippen molar-refractivity contribution in [1.29, 1.82) is 0 Å². The summed E-state index contributed by atoms with van der Waals surface area (Å²) in [6.07, 6.45) is 7.99. The average molecular weight is 462 g/mol. The molecule has 3 atom stereocenters. The molecule has 1 saturated heterocycles. The van der Waals surface area contributed by atoms with Crippen molar-refractivity contribution >= 4 is 39.0 Å². The van der Waals surface area contributed by atoms with E-state index in [4.69, 9.17) is 10.7 Å². The van der Waals surface area contributed by atoms with E-state index in [1.54, 1.807) is 0 Å². The summed E-state index contributed by atoms with van der Waals surface area (Å²) in [5.74, 6) is 1.93. The number of rotatable bonds is 3. The fourth-order valence-electron chi connectivity index (χ4n) is 6.29. The molecule has 0 radical (unpaired) electrons. The minimum Gasteiger partial charge on any atom is -0.397 e. The maximum atomic E-state index is 13.1. The van der Waals surface area contributed by atoms with Crippen molar-refractivity contribution in [2.45, 2.75) is 70.9 Å². The van der Waals surface area contributed by atoms with Gasteiger partial charge in [-0.05, 0) is 81.5 Å². The molecule has 3 aromatic rings. The molecule has 2 aliphatic carbocycles. The van der Waals surface area contributed by atoms with Gasteiger partial charge >= 0.3 is 0 Å². The van der Waals surface area contributed by atoms with Crippen LogP contribution in [0.25, 0.3) is 10.2 Å². The normalized spacial score (nSPS) is 24.2. The molecule has 0 unspecified atom stereocenters. The molecule has 172 valence electrons. The molecule has 1 amide bonds. The summed E-state index contributed by atoms with van der Waals surface area (Å²) >= 11 is 1.39. The molecule has 3 aromatic heterocycles. The number of nitrogens with two attached hydrogens (primary N) is 1. The second-order valence-corrected chi connectivity index (χ2v) is 11.0. The number of thiophene rings is 1. The van der Waals surface area contributed by atoms with Crippen LogP contribution in [0.1, 0.15) is 64.3 Å². The Balaban J connectivity index is 1.18. The molecule has 33 heavy (non-hydrogen) atoms. The zero-order valence-electron chi connectivity index (χ0n) is 19.4. The summed E-state index contributed by atoms with van der Waals surface area (Å²) in [4.78, 5) is 26.7. The molecule has 1 aliphatic heterocycles. The second kappa shape index (κ2) is 7.97. The Morgan fingerprint density at radius 3 is 2.94 bits per heavy atom. The van der Waals surface area contributed by atoms with Gasteiger partial charge in [0.1, 0.15) is 15.5 Å². The van der Waals surface area contributed by atoms with Crippen LogP contribution in [0.15, 0.2) is 18.2 Å². The summed E-state index contributed by atoms with van der Waals surface area (Å²) < 4.78 is 0. The van der Waals surface area contributed by atoms with Crippen LogP contribution in [0.5, 0.6) is 0 Å². The Kier molecular flexibility index (Phi) is 5.05. The average Bonchev–Trinajstić information content (AvgIpc) is 3.48. The number of nitrogen functional groups attached to an aromatic ring is 1. The lowest BCUT2D eigenvalue weighted by Crippen LogP contribution is -2.39. The van der Waals surface area contributed by atoms with Crippen molar-refractivity contribution in [2.75, 3.05) is 17.2 Å². The number of aromatic nitrogens is 2. The van der Waals surface area contributed by atoms with Gasteiger partial charge in [-0.25, -0.2) is 9.97 Å². The first kappa shape index (κ1) is 20.9. The zero-order chi connectivity index (χ0) is 22.7. The van der Waals surface area contributed by atoms with Gasteiger partial charge in [0.25, 0.3) is 5.91 Å². The number of anilines is 2. The van der Waals surface area contributed by atoms with Gasteiger partial charge in [-0.15, -0.1) is 11.3 Å². The van der Waals surface area contributed by atoms with E-state index in [0.717, 1.165) is 59.0 Å². The number of aryl methyl sites for hydroxylation is 3. The third-order valence-electron chi connectivity index (χ3n) is 7.87. The van der Waals surface area contributed by atoms with Crippen LogP contribution in [0, 0.1) is 19.8 Å². The van der Waals surface area contributed by atoms with Crippen LogP contribution in [-0.2, 0) is 12.8 Å². The van der Waals surface area contributed by atoms with Gasteiger partial charge in [0.2, 0.25) is 0 Å². The van der Waals surface area contributed by atoms with E-state index in [0.29, 0.717) is 16.6 Å². The van der Waals surface area contributed by atoms with E-state index in [2.05, 4.69) is 27.3 Å². The molecule has 6 rings (SSSR count). The number of nitrogens with one attached hydrogen (secondary N) is 1. The molecule has 1 saturated carbocycles. The highest BCUT2D eigenvalue weighted by Crippen LogP contribution is 2.40. The Morgan fingerprint density at radius 2 is 2.06 bits per heavy atom. The predicted octanol–water partition coefficient (Wildman–Crippen LogP) is 4.56. The summed E-state index contributed by atoms with van der Waals surface area (Å²) in [6, 6.07) is 7.25. The van der Waals surface area contributed by atoms with E-state index >= 15 is 0 Å². The molecule has 2 fully saturated rings. The fourth-order valence-corrected chi connectivity index (χ4v) is 7.41. The van der Waals surface area contributed by atoms with Gasteiger partial charge in [0, 0.05) is 35.4 Å². The number of hydrogen-bond acceptors (Lipinski definition) is 6. The predicted molar refractivity (Wildman–Crippen MR) is 134 cm³/mol. The third kappa shape index (κ3) is 3.57. The SMILES string of the molecule is Cc1cc(C)c2c(N)c(C(=O)N[C@H]3CCc4nc(N5CC[C@@H]6CCC[C@@H]65)ccc4C3)sc2n1. The van der Waals surface area contributed by atoms with Crippen molar-refractivity contribution in [2.24, 2.45) is 5.92 Å². The first-order chi connectivity index (χ1) is 16.0. The number of carbonyl (C=O) groups excluding carboxylic acids is 1. The summed E-state index contributed by atoms with van der Waals surface area (Å²) in [6.45, 7) is 5.14. The molecular weight excluding hydrogens is 430 g/mol. The van der Waals surface area contributed by atoms with Crippen LogP contribution in [-0.4, -0.2) is 34.5 Å². The first-order valence-corrected chi connectivity index (χ1v) is 13.0. The van der Waals surface area contributed by atoms with Crippen LogP contribution in [0.4, 0.5) is 11.5 Å². The highest BCUT2D eigenvalue weighted by molar-refractivity contribution is 7.21. The molecule has 6 nitrogen and oxygen atoms in total. The summed E-state index contributed by atoms with van der Waals surface area (Å²) in [5, 5.41) is 4.15. The highest BCUT2D eigenvalue weighted by Gasteiger charge is 2.38. The standard InChI is InChI=1S/C26H31N5OS/c1-14-12-15(2)28-26-22(14)23(27)24(33-26)25(32)29-18-7-8-19-17(13-18)6-9-21(30-19)31-11-10-16-4-3-5-20(16)31/h6,9,12,16,18,20H,3-5,7-8,10-11,13,27H2,1-2H3,(H,29,32)/t16-,18-,20-/m0/s1. The van der Waals surface area contributed by atoms with E-state index in [9.17, 15) is 4.79 Å². The van der Waals surface area contributed by atoms with E-state index in [-0.39, 0.29) is 11.9 Å². The van der Waals surface area contributed by atoms with Gasteiger partial charge in [0.15, 0.2) is 0 Å². The van der Waals surface area contributed by atoms with Crippen LogP contribution >= 0.6 is 11.3 Å². The van der Waals surface area contributed by atoms with E-state index in [1.807, 2.05) is 19.9 Å². The van der Waals surface area contributed by atoms with Gasteiger partial charge < -0.3 is 16.0 Å². The van der Waals surface area contributed by atoms with Crippen molar-refractivity contribution < 1.29 is 4.79 Å². The van der Waals surface area contributed by atoms with Gasteiger partial charge in [-0.1, -0.05) is 12.5 Å². The Bertz CT molecular complexity index is 1250. The van der Waals surface area contributed by atoms with Crippen LogP contribution in [0.2, 0.25) is 0 Å². The maximum absolute atomic E-state index is 13.1. The quantitative estimate of drug-likeness (QED) is 0.598. The molecule has 3 aliphatic rings. The number of carbonyl (C=O) groups is 1. The number of hydrogen-bond donors (Lipinski definition) is 2. The molecule has 0 spiro atoms. The zero-order valence-corrected chi connectivity index (χ0v) is 20.2. The van der Waals surface area contributed by atoms with Crippen molar-refractivity contribution in [3.05, 3.63) is 45.6 Å². The van der Waals surface area contributed by atoms with Crippen LogP contribution < -0.4 is 16.0 Å². The van der Waals surface area contributed by atoms with Gasteiger partial charge in [-0.3, -0.25) is 4.79 Å². The number of amides is 1. The maximum Gasteiger partial charge on any atom is 0.263 e. The Labute approximate surface area is 198 Å². The van der Waals surface area contributed by atoms with Crippen LogP contribution in [0.3, 0.4) is 0 Å². The van der Waals surface area contributed by atoms with Crippen molar-refractivity contribution in [1.82, 2.24) is 15.3 Å². The molecule has 0 bridgehead atoms. The Morgan fingerprint density at radius 1 is 1.18 bits per heavy atom. The molecule has 4 heterocycles. The lowest BCUT2D eigenvalue weighted by Gasteiger charge is -2.29. The summed E-state index contributed by atoms with van der Waals surface area (Å²) in [5.41, 5.74) is 11.4. The van der Waals surface area contributed by atoms with Crippen molar-refractivity contribution in [3.8, 4) is 0 Å². The van der Waals surface area contributed by atoms with E-state index in [1.165, 1.54) is 48.3 Å². The minimum absolute atomic E-state index is 0.0880. The lowest BCUT2D eigenvalue weighted by molar-refractivity contribution is 0.0938. The highest BCUT2D eigenvalue weighted by atomic mass is 32.1. The minimum atomic E-state index is -0.0880. The number of pyridine rings is 2. The molecular formula is C26H31N5OS. The van der Waals surface area contributed by atoms with Crippen molar-refractivity contribution in [3.63, 3.8) is 0 Å². The lowest BCUT2D eigenvalue weighted by atomic mass is 9.91. The third-order valence-corrected chi connectivity index (χ3v) is 8.97. The fraction of sp³-hybridized carbons (Fsp3) is 0.500. The Hall–Kier alpha value is -2.67. The topological polar surface area (TPSA) is 84.1 Å². The second-order valence-electron chi connectivity index (χ2n) is 10.0. The molecule has 3 N–H and O–H groups in total. The number of fused-ring (bicyclic) bond motifs is 3. The smallest absolute Gasteiger partial charge is 0.263 e. The first-order valence-electron chi connectivity index (χ1n) is 12.2. The summed E-state index contributed by atoms with van der Waals surface area (Å²) in [7, 11) is 0. The van der Waals surface area contributed by atoms with Gasteiger partial charge in [-0.2, -0.15) is 0 Å².